The fraction of sp³-hybridized carbons (Fsp3) is 0.250. The number of carbonyl (C=O) groups is 1. The van der Waals surface area contributed by atoms with Crippen LogP contribution < -0.4 is 0 Å². The van der Waals surface area contributed by atoms with Crippen LogP contribution >= 0.6 is 11.8 Å². The third-order valence-corrected chi connectivity index (χ3v) is 3.15. The van der Waals surface area contributed by atoms with Crippen molar-refractivity contribution in [3.63, 3.8) is 0 Å². The van der Waals surface area contributed by atoms with Crippen molar-refractivity contribution in [1.82, 2.24) is 15.0 Å². The fourth-order valence-electron chi connectivity index (χ4n) is 1.68. The summed E-state index contributed by atoms with van der Waals surface area (Å²) in [5.74, 6) is -0.727. The molecule has 0 aliphatic carbocycles. The quantitative estimate of drug-likeness (QED) is 0.909. The third-order valence-electron chi connectivity index (χ3n) is 2.56. The van der Waals surface area contributed by atoms with E-state index in [1.165, 1.54) is 28.9 Å². The maximum absolute atomic E-state index is 12.9. The SMILES string of the molecule is CSCCn1nnc(C(=O)O)c1-c1ccc(F)cc1. The van der Waals surface area contributed by atoms with Crippen molar-refractivity contribution in [3.05, 3.63) is 35.8 Å². The number of carboxylic acids is 1. The van der Waals surface area contributed by atoms with Crippen LogP contribution in [0.5, 0.6) is 0 Å². The minimum Gasteiger partial charge on any atom is -0.476 e. The Kier molecular flexibility index (Phi) is 4.16. The van der Waals surface area contributed by atoms with E-state index in [0.717, 1.165) is 5.75 Å². The van der Waals surface area contributed by atoms with Crippen molar-refractivity contribution >= 4 is 17.7 Å². The normalized spacial score (nSPS) is 10.6. The predicted octanol–water partition coefficient (Wildman–Crippen LogP) is 2.15. The first-order chi connectivity index (χ1) is 9.13. The lowest BCUT2D eigenvalue weighted by Crippen LogP contribution is -2.06. The average molecular weight is 281 g/mol. The fourth-order valence-corrected chi connectivity index (χ4v) is 2.04. The van der Waals surface area contributed by atoms with E-state index in [-0.39, 0.29) is 11.5 Å². The number of halogens is 1. The molecule has 0 bridgehead atoms. The van der Waals surface area contributed by atoms with Crippen molar-refractivity contribution in [1.29, 1.82) is 0 Å². The Morgan fingerprint density at radius 2 is 2.11 bits per heavy atom. The van der Waals surface area contributed by atoms with Gasteiger partial charge in [0.1, 0.15) is 11.5 Å². The van der Waals surface area contributed by atoms with Gasteiger partial charge in [-0.25, -0.2) is 13.9 Å². The number of rotatable bonds is 5. The molecule has 2 rings (SSSR count). The van der Waals surface area contributed by atoms with Gasteiger partial charge in [0, 0.05) is 11.3 Å². The van der Waals surface area contributed by atoms with Crippen molar-refractivity contribution in [2.75, 3.05) is 12.0 Å². The van der Waals surface area contributed by atoms with E-state index in [9.17, 15) is 9.18 Å². The molecule has 1 N–H and O–H groups in total. The van der Waals surface area contributed by atoms with E-state index in [2.05, 4.69) is 10.3 Å². The molecule has 0 atom stereocenters. The Morgan fingerprint density at radius 3 is 2.68 bits per heavy atom. The molecule has 0 aliphatic heterocycles. The second-order valence-electron chi connectivity index (χ2n) is 3.81. The maximum Gasteiger partial charge on any atom is 0.358 e. The summed E-state index contributed by atoms with van der Waals surface area (Å²) in [5.41, 5.74) is 0.874. The summed E-state index contributed by atoms with van der Waals surface area (Å²) in [4.78, 5) is 11.2. The van der Waals surface area contributed by atoms with Crippen molar-refractivity contribution < 1.29 is 14.3 Å². The highest BCUT2D eigenvalue weighted by Crippen LogP contribution is 2.23. The average Bonchev–Trinajstić information content (AvgIpc) is 2.81. The second kappa shape index (κ2) is 5.83. The highest BCUT2D eigenvalue weighted by Gasteiger charge is 2.20. The van der Waals surface area contributed by atoms with Crippen molar-refractivity contribution in [2.45, 2.75) is 6.54 Å². The van der Waals surface area contributed by atoms with Crippen LogP contribution in [0, 0.1) is 5.82 Å². The molecule has 0 saturated carbocycles. The maximum atomic E-state index is 12.9. The van der Waals surface area contributed by atoms with Gasteiger partial charge in [0.25, 0.3) is 0 Å². The van der Waals surface area contributed by atoms with Gasteiger partial charge < -0.3 is 5.11 Å². The summed E-state index contributed by atoms with van der Waals surface area (Å²) in [5, 5.41) is 16.7. The standard InChI is InChI=1S/C12H12FN3O2S/c1-19-7-6-16-11(10(12(17)18)14-15-16)8-2-4-9(13)5-3-8/h2-5H,6-7H2,1H3,(H,17,18). The predicted molar refractivity (Wildman–Crippen MR) is 70.8 cm³/mol. The van der Waals surface area contributed by atoms with Crippen molar-refractivity contribution in [3.8, 4) is 11.3 Å². The molecular formula is C12H12FN3O2S. The van der Waals surface area contributed by atoms with E-state index < -0.39 is 5.97 Å². The summed E-state index contributed by atoms with van der Waals surface area (Å²) >= 11 is 1.62. The first kappa shape index (κ1) is 13.5. The van der Waals surface area contributed by atoms with E-state index in [1.54, 1.807) is 11.8 Å². The molecule has 0 spiro atoms. The molecule has 0 fully saturated rings. The Balaban J connectivity index is 2.47. The molecular weight excluding hydrogens is 269 g/mol. The van der Waals surface area contributed by atoms with Gasteiger partial charge >= 0.3 is 5.97 Å². The molecule has 0 unspecified atom stereocenters. The lowest BCUT2D eigenvalue weighted by Gasteiger charge is -2.06. The minimum atomic E-state index is -1.14. The highest BCUT2D eigenvalue weighted by atomic mass is 32.2. The van der Waals surface area contributed by atoms with Gasteiger partial charge in [-0.2, -0.15) is 11.8 Å². The van der Waals surface area contributed by atoms with E-state index in [1.807, 2.05) is 6.26 Å². The van der Waals surface area contributed by atoms with Gasteiger partial charge in [0.15, 0.2) is 5.69 Å². The summed E-state index contributed by atoms with van der Waals surface area (Å²) in [6.07, 6.45) is 1.95. The van der Waals surface area contributed by atoms with Gasteiger partial charge in [-0.15, -0.1) is 5.10 Å². The number of nitrogens with zero attached hydrogens (tertiary/aromatic N) is 3. The topological polar surface area (TPSA) is 68.0 Å². The summed E-state index contributed by atoms with van der Waals surface area (Å²) in [6.45, 7) is 0.550. The molecule has 0 amide bonds. The molecule has 1 aromatic carbocycles. The number of carboxylic acid groups (broad SMARTS) is 1. The summed E-state index contributed by atoms with van der Waals surface area (Å²) in [7, 11) is 0. The van der Waals surface area contributed by atoms with E-state index >= 15 is 0 Å². The van der Waals surface area contributed by atoms with Crippen LogP contribution in [0.15, 0.2) is 24.3 Å². The van der Waals surface area contributed by atoms with Crippen LogP contribution in [-0.4, -0.2) is 38.1 Å². The molecule has 1 heterocycles. The van der Waals surface area contributed by atoms with Gasteiger partial charge in [-0.3, -0.25) is 0 Å². The van der Waals surface area contributed by atoms with Gasteiger partial charge in [0.05, 0.1) is 6.54 Å². The molecule has 100 valence electrons. The lowest BCUT2D eigenvalue weighted by atomic mass is 10.1. The molecule has 19 heavy (non-hydrogen) atoms. The minimum absolute atomic E-state index is 0.118. The number of hydrogen-bond donors (Lipinski definition) is 1. The number of benzene rings is 1. The number of aromatic nitrogens is 3. The first-order valence-electron chi connectivity index (χ1n) is 5.55. The zero-order chi connectivity index (χ0) is 13.8. The lowest BCUT2D eigenvalue weighted by molar-refractivity contribution is 0.0691. The van der Waals surface area contributed by atoms with Crippen molar-refractivity contribution in [2.24, 2.45) is 0 Å². The zero-order valence-electron chi connectivity index (χ0n) is 10.2. The summed E-state index contributed by atoms with van der Waals surface area (Å²) in [6, 6.07) is 5.62. The zero-order valence-corrected chi connectivity index (χ0v) is 11.0. The summed E-state index contributed by atoms with van der Waals surface area (Å²) < 4.78 is 14.5. The smallest absolute Gasteiger partial charge is 0.358 e. The molecule has 1 aromatic heterocycles. The third kappa shape index (κ3) is 2.93. The number of hydrogen-bond acceptors (Lipinski definition) is 4. The molecule has 0 radical (unpaired) electrons. The molecule has 2 aromatic rings. The Hall–Kier alpha value is -1.89. The molecule has 0 aliphatic rings. The van der Waals surface area contributed by atoms with Crippen LogP contribution in [0.4, 0.5) is 4.39 Å². The van der Waals surface area contributed by atoms with Gasteiger partial charge in [0.2, 0.25) is 0 Å². The second-order valence-corrected chi connectivity index (χ2v) is 4.80. The molecule has 5 nitrogen and oxygen atoms in total. The van der Waals surface area contributed by atoms with Crippen LogP contribution in [0.3, 0.4) is 0 Å². The highest BCUT2D eigenvalue weighted by molar-refractivity contribution is 7.98. The van der Waals surface area contributed by atoms with Gasteiger partial charge in [-0.1, -0.05) is 5.21 Å². The van der Waals surface area contributed by atoms with Crippen LogP contribution in [0.2, 0.25) is 0 Å². The first-order valence-corrected chi connectivity index (χ1v) is 6.94. The monoisotopic (exact) mass is 281 g/mol. The van der Waals surface area contributed by atoms with Crippen LogP contribution in [-0.2, 0) is 6.54 Å². The number of thioether (sulfide) groups is 1. The Labute approximate surface area is 113 Å². The van der Waals surface area contributed by atoms with E-state index in [4.69, 9.17) is 5.11 Å². The van der Waals surface area contributed by atoms with Gasteiger partial charge in [-0.05, 0) is 30.5 Å². The van der Waals surface area contributed by atoms with Crippen LogP contribution in [0.25, 0.3) is 11.3 Å². The largest absolute Gasteiger partial charge is 0.476 e. The van der Waals surface area contributed by atoms with Crippen LogP contribution in [0.1, 0.15) is 10.5 Å². The Bertz CT molecular complexity index is 583. The van der Waals surface area contributed by atoms with E-state index in [0.29, 0.717) is 17.8 Å². The Morgan fingerprint density at radius 1 is 1.42 bits per heavy atom. The number of aryl methyl sites for hydroxylation is 1. The molecule has 0 saturated heterocycles. The number of aromatic carboxylic acids is 1. The molecule has 7 heteroatoms.